The van der Waals surface area contributed by atoms with Crippen molar-refractivity contribution in [1.82, 2.24) is 0 Å². The van der Waals surface area contributed by atoms with Crippen LogP contribution in [-0.4, -0.2) is 36.4 Å². The zero-order valence-corrected chi connectivity index (χ0v) is 57.8. The molecule has 5 heteroatoms. The number of rotatable bonds is 70. The zero-order valence-electron chi connectivity index (χ0n) is 57.8. The van der Waals surface area contributed by atoms with E-state index in [-0.39, 0.29) is 25.2 Å². The Morgan fingerprint density at radius 1 is 0.276 bits per heavy atom. The van der Waals surface area contributed by atoms with Gasteiger partial charge in [0, 0.05) is 12.8 Å². The maximum atomic E-state index is 12.4. The molecule has 0 aliphatic heterocycles. The number of esters is 2. The number of aliphatic hydroxyl groups is 1. The lowest BCUT2D eigenvalue weighted by Gasteiger charge is -2.15. The van der Waals surface area contributed by atoms with E-state index in [0.29, 0.717) is 12.8 Å². The van der Waals surface area contributed by atoms with E-state index in [4.69, 9.17) is 9.47 Å². The first-order valence-electron chi connectivity index (χ1n) is 37.9. The van der Waals surface area contributed by atoms with Gasteiger partial charge in [0.1, 0.15) is 6.61 Å². The van der Waals surface area contributed by atoms with Crippen LogP contribution in [0.25, 0.3) is 0 Å². The van der Waals surface area contributed by atoms with E-state index in [2.05, 4.69) is 123 Å². The molecule has 0 bridgehead atoms. The third kappa shape index (κ3) is 74.9. The number of hydrogen-bond acceptors (Lipinski definition) is 5. The summed E-state index contributed by atoms with van der Waals surface area (Å²) >= 11 is 0. The van der Waals surface area contributed by atoms with Crippen molar-refractivity contribution in [3.63, 3.8) is 0 Å². The fraction of sp³-hybridized carbons (Fsp3) is 0.756. The summed E-state index contributed by atoms with van der Waals surface area (Å²) < 4.78 is 10.8. The standard InChI is InChI=1S/C82H144O5/c1-3-5-7-9-11-13-15-17-19-21-23-25-27-29-31-33-35-37-39-40-41-43-44-46-48-50-52-54-56-58-60-62-64-66-68-70-72-74-76-81(84)86-79-80(78-83)87-82(85)77-75-73-71-69-67-65-63-61-59-57-55-53-51-49-47-45-42-38-36-34-32-30-28-26-24-22-20-18-16-14-12-10-8-6-4-2/h6,8,12,14,18,20,24,26,30,32,36,38,45,47,51,53,57,59,80,83H,3-5,7,9-11,13,15-17,19,21-23,25,27-29,31,33-35,37,39-44,46,48-50,52,54-56,58,60-79H2,1-2H3/b8-6-,14-12-,20-18-,26-24-,32-30-,38-36-,47-45-,53-51-,59-57-. The van der Waals surface area contributed by atoms with Crippen molar-refractivity contribution in [3.8, 4) is 0 Å². The van der Waals surface area contributed by atoms with Gasteiger partial charge in [0.15, 0.2) is 6.10 Å². The fourth-order valence-electron chi connectivity index (χ4n) is 11.2. The molecule has 0 aromatic rings. The van der Waals surface area contributed by atoms with Crippen LogP contribution in [-0.2, 0) is 19.1 Å². The first-order chi connectivity index (χ1) is 43.1. The second-order valence-corrected chi connectivity index (χ2v) is 25.4. The molecule has 5 nitrogen and oxygen atoms in total. The van der Waals surface area contributed by atoms with Gasteiger partial charge in [-0.15, -0.1) is 0 Å². The molecular formula is C82H144O5. The lowest BCUT2D eigenvalue weighted by molar-refractivity contribution is -0.161. The Morgan fingerprint density at radius 3 is 0.747 bits per heavy atom. The summed E-state index contributed by atoms with van der Waals surface area (Å²) in [7, 11) is 0. The Hall–Kier alpha value is -3.44. The van der Waals surface area contributed by atoms with Crippen molar-refractivity contribution in [2.24, 2.45) is 0 Å². The molecule has 502 valence electrons. The molecule has 1 N–H and O–H groups in total. The molecule has 0 heterocycles. The average Bonchev–Trinajstić information content (AvgIpc) is 3.52. The first kappa shape index (κ1) is 83.6. The maximum Gasteiger partial charge on any atom is 0.306 e. The van der Waals surface area contributed by atoms with E-state index >= 15 is 0 Å². The van der Waals surface area contributed by atoms with Crippen molar-refractivity contribution in [3.05, 3.63) is 109 Å². The van der Waals surface area contributed by atoms with E-state index < -0.39 is 6.10 Å². The minimum absolute atomic E-state index is 0.0723. The third-order valence-electron chi connectivity index (χ3n) is 16.8. The Kier molecular flexibility index (Phi) is 73.8. The van der Waals surface area contributed by atoms with Gasteiger partial charge < -0.3 is 14.6 Å². The molecule has 0 spiro atoms. The number of ether oxygens (including phenoxy) is 2. The zero-order chi connectivity index (χ0) is 62.6. The van der Waals surface area contributed by atoms with E-state index in [0.717, 1.165) is 103 Å². The topological polar surface area (TPSA) is 72.8 Å². The average molecular weight is 1210 g/mol. The Balaban J connectivity index is 3.47. The molecule has 0 aromatic carbocycles. The summed E-state index contributed by atoms with van der Waals surface area (Å²) in [4.78, 5) is 24.7. The normalized spacial score (nSPS) is 12.8. The third-order valence-corrected chi connectivity index (χ3v) is 16.8. The highest BCUT2D eigenvalue weighted by Crippen LogP contribution is 2.19. The van der Waals surface area contributed by atoms with Crippen molar-refractivity contribution >= 4 is 11.9 Å². The van der Waals surface area contributed by atoms with Gasteiger partial charge in [0.05, 0.1) is 6.61 Å². The van der Waals surface area contributed by atoms with Crippen LogP contribution >= 0.6 is 0 Å². The van der Waals surface area contributed by atoms with E-state index in [1.54, 1.807) is 0 Å². The van der Waals surface area contributed by atoms with Gasteiger partial charge in [-0.3, -0.25) is 9.59 Å². The van der Waals surface area contributed by atoms with Crippen molar-refractivity contribution in [2.75, 3.05) is 13.2 Å². The number of aliphatic hydroxyl groups excluding tert-OH is 1. The highest BCUT2D eigenvalue weighted by molar-refractivity contribution is 5.70. The quantitative estimate of drug-likeness (QED) is 0.0373. The SMILES string of the molecule is CC/C=C\C/C=C\C/C=C\C/C=C\C/C=C\C/C=C\C/C=C\C/C=C\C/C=C\CCCCCCCCCC(=O)OC(CO)COC(=O)CCCCCCCCCCCCCCCCCCCCCCCCCCCCCCCCCCCCCCCC. The van der Waals surface area contributed by atoms with Crippen LogP contribution in [0.1, 0.15) is 380 Å². The van der Waals surface area contributed by atoms with Gasteiger partial charge in [-0.1, -0.05) is 393 Å². The minimum atomic E-state index is -0.786. The van der Waals surface area contributed by atoms with Gasteiger partial charge >= 0.3 is 11.9 Å². The van der Waals surface area contributed by atoms with Gasteiger partial charge in [0.2, 0.25) is 0 Å². The monoisotopic (exact) mass is 1210 g/mol. The Labute approximate surface area is 541 Å². The second kappa shape index (κ2) is 76.8. The molecule has 0 radical (unpaired) electrons. The lowest BCUT2D eigenvalue weighted by atomic mass is 10.0. The van der Waals surface area contributed by atoms with E-state index in [1.807, 2.05) is 0 Å². The van der Waals surface area contributed by atoms with Crippen LogP contribution in [0.5, 0.6) is 0 Å². The predicted molar refractivity (Wildman–Crippen MR) is 385 cm³/mol. The highest BCUT2D eigenvalue weighted by atomic mass is 16.6. The van der Waals surface area contributed by atoms with Crippen LogP contribution < -0.4 is 0 Å². The Morgan fingerprint density at radius 2 is 0.494 bits per heavy atom. The second-order valence-electron chi connectivity index (χ2n) is 25.4. The predicted octanol–water partition coefficient (Wildman–Crippen LogP) is 26.7. The number of unbranched alkanes of at least 4 members (excludes halogenated alkanes) is 44. The van der Waals surface area contributed by atoms with Crippen molar-refractivity contribution < 1.29 is 24.2 Å². The summed E-state index contributed by atoms with van der Waals surface area (Å²) in [6.07, 6.45) is 112. The smallest absolute Gasteiger partial charge is 0.306 e. The number of carbonyl (C=O) groups excluding carboxylic acids is 2. The largest absolute Gasteiger partial charge is 0.462 e. The summed E-state index contributed by atoms with van der Waals surface area (Å²) in [6, 6.07) is 0. The van der Waals surface area contributed by atoms with Crippen LogP contribution in [0.2, 0.25) is 0 Å². The molecule has 0 saturated heterocycles. The number of allylic oxidation sites excluding steroid dienone is 18. The number of hydrogen-bond donors (Lipinski definition) is 1. The van der Waals surface area contributed by atoms with Crippen LogP contribution in [0, 0.1) is 0 Å². The van der Waals surface area contributed by atoms with E-state index in [1.165, 1.54) is 250 Å². The molecule has 0 amide bonds. The van der Waals surface area contributed by atoms with Gasteiger partial charge in [-0.2, -0.15) is 0 Å². The van der Waals surface area contributed by atoms with Gasteiger partial charge in [-0.25, -0.2) is 0 Å². The van der Waals surface area contributed by atoms with Crippen LogP contribution in [0.15, 0.2) is 109 Å². The van der Waals surface area contributed by atoms with Crippen LogP contribution in [0.3, 0.4) is 0 Å². The molecule has 87 heavy (non-hydrogen) atoms. The van der Waals surface area contributed by atoms with Crippen LogP contribution in [0.4, 0.5) is 0 Å². The number of carbonyl (C=O) groups is 2. The maximum absolute atomic E-state index is 12.4. The van der Waals surface area contributed by atoms with Gasteiger partial charge in [0.25, 0.3) is 0 Å². The van der Waals surface area contributed by atoms with Gasteiger partial charge in [-0.05, 0) is 83.5 Å². The van der Waals surface area contributed by atoms with Crippen molar-refractivity contribution in [2.45, 2.75) is 386 Å². The first-order valence-corrected chi connectivity index (χ1v) is 37.9. The molecular weight excluding hydrogens is 1060 g/mol. The molecule has 1 atom stereocenters. The lowest BCUT2D eigenvalue weighted by Crippen LogP contribution is -2.28. The molecule has 0 fully saturated rings. The summed E-state index contributed by atoms with van der Waals surface area (Å²) in [6.45, 7) is 4.06. The molecule has 0 aromatic heterocycles. The summed E-state index contributed by atoms with van der Waals surface area (Å²) in [5.41, 5.74) is 0. The molecule has 0 aliphatic carbocycles. The highest BCUT2D eigenvalue weighted by Gasteiger charge is 2.16. The summed E-state index contributed by atoms with van der Waals surface area (Å²) in [5.74, 6) is -0.593. The molecule has 0 aliphatic rings. The fourth-order valence-corrected chi connectivity index (χ4v) is 11.2. The molecule has 0 saturated carbocycles. The summed E-state index contributed by atoms with van der Waals surface area (Å²) in [5, 5.41) is 9.71. The Bertz CT molecular complexity index is 1660. The minimum Gasteiger partial charge on any atom is -0.462 e. The molecule has 1 unspecified atom stereocenters. The molecule has 0 rings (SSSR count). The van der Waals surface area contributed by atoms with E-state index in [9.17, 15) is 14.7 Å². The van der Waals surface area contributed by atoms with Crippen molar-refractivity contribution in [1.29, 1.82) is 0 Å².